The van der Waals surface area contributed by atoms with Crippen LogP contribution in [-0.2, 0) is 26.1 Å². The molecule has 0 aliphatic carbocycles. The van der Waals surface area contributed by atoms with Crippen LogP contribution in [0.1, 0.15) is 0 Å². The Morgan fingerprint density at radius 2 is 1.67 bits per heavy atom. The third-order valence-corrected chi connectivity index (χ3v) is 1.84. The summed E-state index contributed by atoms with van der Waals surface area (Å²) in [4.78, 5) is 0. The first-order valence-electron chi connectivity index (χ1n) is 0.956. The Morgan fingerprint density at radius 1 is 1.50 bits per heavy atom. The van der Waals surface area contributed by atoms with Gasteiger partial charge in [-0.15, -0.1) is 0 Å². The predicted octanol–water partition coefficient (Wildman–Crippen LogP) is -2.14. The van der Waals surface area contributed by atoms with Gasteiger partial charge in [-0.3, -0.25) is 0 Å². The fourth-order valence-electron chi connectivity index (χ4n) is 0. The molecule has 0 heterocycles. The van der Waals surface area contributed by atoms with Crippen LogP contribution in [0.25, 0.3) is 0 Å². The molecule has 0 unspecified atom stereocenters. The second-order valence-corrected chi connectivity index (χ2v) is 3.18. The molecule has 6 heavy (non-hydrogen) atoms. The average molecular weight is 154 g/mol. The quantitative estimate of drug-likeness (QED) is 0.405. The number of hydrogen-bond acceptors (Lipinski definition) is 3. The Labute approximate surface area is 65.6 Å². The van der Waals surface area contributed by atoms with Gasteiger partial charge in [0.1, 0.15) is 0 Å². The molecule has 0 N–H and O–H groups in total. The van der Waals surface area contributed by atoms with Crippen molar-refractivity contribution < 1.29 is 26.1 Å². The van der Waals surface area contributed by atoms with E-state index in [2.05, 4.69) is 3.35 Å². The van der Waals surface area contributed by atoms with Gasteiger partial charge in [0.2, 0.25) is 0 Å². The number of hydrogen-bond donors (Lipinski definition) is 0. The molecule has 0 aliphatic rings. The van der Waals surface area contributed by atoms with Crippen molar-refractivity contribution >= 4 is 40.0 Å². The molecule has 6 heteroatoms. The van der Waals surface area contributed by atoms with Gasteiger partial charge in [-0.05, 0) is 0 Å². The maximum absolute atomic E-state index is 9.30. The van der Waals surface area contributed by atoms with Gasteiger partial charge in [0.25, 0.3) is 0 Å². The molecular formula is H4NaO3SiV. The standard InChI is InChI=1S/Na.H3OSi.2O.V.H/c;1-2;;;;/h;2H3;;;;/q;-1;;;+1;. The van der Waals surface area contributed by atoms with Crippen molar-refractivity contribution in [2.24, 2.45) is 0 Å². The molecule has 0 atom stereocenters. The van der Waals surface area contributed by atoms with Crippen molar-refractivity contribution in [1.82, 2.24) is 0 Å². The summed E-state index contributed by atoms with van der Waals surface area (Å²) in [5.74, 6) is 0. The van der Waals surface area contributed by atoms with Crippen molar-refractivity contribution in [1.29, 1.82) is 0 Å². The van der Waals surface area contributed by atoms with E-state index in [1.165, 1.54) is 0 Å². The Morgan fingerprint density at radius 3 is 1.67 bits per heavy atom. The van der Waals surface area contributed by atoms with E-state index in [0.717, 1.165) is 0 Å². The molecule has 0 bridgehead atoms. The zero-order valence-corrected chi connectivity index (χ0v) is 6.07. The van der Waals surface area contributed by atoms with E-state index in [1.807, 2.05) is 0 Å². The van der Waals surface area contributed by atoms with Crippen LogP contribution in [0.5, 0.6) is 0 Å². The van der Waals surface area contributed by atoms with Crippen LogP contribution in [-0.4, -0.2) is 40.0 Å². The summed E-state index contributed by atoms with van der Waals surface area (Å²) in [6.07, 6.45) is 0. The SMILES string of the molecule is [NaH].[O]=[V](=[O])[O][SiH3]. The van der Waals surface area contributed by atoms with E-state index in [1.54, 1.807) is 0 Å². The summed E-state index contributed by atoms with van der Waals surface area (Å²) in [7, 11) is 0.313. The summed E-state index contributed by atoms with van der Waals surface area (Å²) in [6, 6.07) is 0. The van der Waals surface area contributed by atoms with Crippen molar-refractivity contribution in [2.45, 2.75) is 0 Å². The van der Waals surface area contributed by atoms with Crippen LogP contribution in [0, 0.1) is 0 Å². The van der Waals surface area contributed by atoms with Gasteiger partial charge in [0.05, 0.1) is 0 Å². The molecular weight excluding hydrogens is 150 g/mol. The Kier molecular flexibility index (Phi) is 11.0. The predicted molar refractivity (Wildman–Crippen MR) is 19.5 cm³/mol. The molecule has 0 aromatic heterocycles. The topological polar surface area (TPSA) is 43.4 Å². The Bertz CT molecular complexity index is 68.9. The second kappa shape index (κ2) is 6.36. The van der Waals surface area contributed by atoms with Crippen molar-refractivity contribution in [3.63, 3.8) is 0 Å². The molecule has 0 aromatic carbocycles. The Balaban J connectivity index is 0. The molecule has 0 aliphatic heterocycles. The monoisotopic (exact) mass is 154 g/mol. The minimum absolute atomic E-state index is 0. The number of rotatable bonds is 1. The average Bonchev–Trinajstić information content (AvgIpc) is 1.38. The van der Waals surface area contributed by atoms with E-state index in [9.17, 15) is 7.35 Å². The van der Waals surface area contributed by atoms with Gasteiger partial charge in [-0.25, -0.2) is 0 Å². The fraction of sp³-hybridized carbons (Fsp3) is 0. The maximum atomic E-state index is 9.30. The summed E-state index contributed by atoms with van der Waals surface area (Å²) < 4.78 is 22.5. The van der Waals surface area contributed by atoms with Gasteiger partial charge in [-0.1, -0.05) is 0 Å². The molecule has 0 radical (unpaired) electrons. The zero-order valence-electron chi connectivity index (χ0n) is 2.67. The van der Waals surface area contributed by atoms with Crippen LogP contribution in [0.2, 0.25) is 0 Å². The molecule has 0 fully saturated rings. The van der Waals surface area contributed by atoms with Gasteiger partial charge >= 0.3 is 66.1 Å². The van der Waals surface area contributed by atoms with E-state index >= 15 is 0 Å². The Hall–Kier alpha value is 1.36. The summed E-state index contributed by atoms with van der Waals surface area (Å²) >= 11 is -3.14. The van der Waals surface area contributed by atoms with Crippen molar-refractivity contribution in [2.75, 3.05) is 0 Å². The van der Waals surface area contributed by atoms with Gasteiger partial charge < -0.3 is 0 Å². The van der Waals surface area contributed by atoms with Gasteiger partial charge in [0, 0.05) is 0 Å². The molecule has 0 spiro atoms. The third-order valence-electron chi connectivity index (χ3n) is 0.149. The minimum atomic E-state index is -3.14. The molecule has 3 nitrogen and oxygen atoms in total. The molecule has 0 rings (SSSR count). The molecule has 0 saturated heterocycles. The van der Waals surface area contributed by atoms with E-state index < -0.39 is 15.4 Å². The summed E-state index contributed by atoms with van der Waals surface area (Å²) in [5, 5.41) is 0. The summed E-state index contributed by atoms with van der Waals surface area (Å²) in [5.41, 5.74) is 0. The van der Waals surface area contributed by atoms with E-state index in [-0.39, 0.29) is 29.6 Å². The van der Waals surface area contributed by atoms with Gasteiger partial charge in [0.15, 0.2) is 0 Å². The molecule has 0 saturated carbocycles. The first-order valence-corrected chi connectivity index (χ1v) is 3.48. The molecule has 32 valence electrons. The van der Waals surface area contributed by atoms with Gasteiger partial charge in [-0.2, -0.15) is 0 Å². The second-order valence-electron chi connectivity index (χ2n) is 0.406. The summed E-state index contributed by atoms with van der Waals surface area (Å²) in [6.45, 7) is 0. The normalized spacial score (nSPS) is 6.67. The third kappa shape index (κ3) is 9.03. The zero-order chi connectivity index (χ0) is 4.28. The van der Waals surface area contributed by atoms with Crippen LogP contribution in [0.4, 0.5) is 0 Å². The molecule has 0 aromatic rings. The van der Waals surface area contributed by atoms with E-state index in [0.29, 0.717) is 10.5 Å². The van der Waals surface area contributed by atoms with E-state index in [4.69, 9.17) is 0 Å². The first kappa shape index (κ1) is 10.4. The van der Waals surface area contributed by atoms with Crippen LogP contribution in [0.3, 0.4) is 0 Å². The fourth-order valence-corrected chi connectivity index (χ4v) is 0. The van der Waals surface area contributed by atoms with Crippen LogP contribution >= 0.6 is 0 Å². The van der Waals surface area contributed by atoms with Crippen LogP contribution in [0.15, 0.2) is 0 Å². The van der Waals surface area contributed by atoms with Crippen molar-refractivity contribution in [3.05, 3.63) is 0 Å². The molecule has 0 amide bonds. The first-order chi connectivity index (χ1) is 2.27. The van der Waals surface area contributed by atoms with Crippen LogP contribution < -0.4 is 0 Å². The van der Waals surface area contributed by atoms with Crippen molar-refractivity contribution in [3.8, 4) is 0 Å².